The van der Waals surface area contributed by atoms with Gasteiger partial charge in [0.05, 0.1) is 0 Å². The number of aryl methyl sites for hydroxylation is 1. The van der Waals surface area contributed by atoms with E-state index in [0.717, 1.165) is 6.07 Å². The summed E-state index contributed by atoms with van der Waals surface area (Å²) in [5.41, 5.74) is 0.693. The molecule has 3 rings (SSSR count). The number of carbonyl (C=O) groups is 4. The molecule has 6 heteroatoms. The molecule has 0 spiro atoms. The van der Waals surface area contributed by atoms with E-state index < -0.39 is 11.7 Å². The summed E-state index contributed by atoms with van der Waals surface area (Å²) in [6, 6.07) is 2.55. The van der Waals surface area contributed by atoms with Gasteiger partial charge in [0.15, 0.2) is 11.6 Å². The lowest BCUT2D eigenvalue weighted by molar-refractivity contribution is -0.137. The molecule has 1 aromatic rings. The summed E-state index contributed by atoms with van der Waals surface area (Å²) in [5.74, 6) is -2.53. The molecule has 2 unspecified atom stereocenters. The fraction of sp³-hybridized carbons (Fsp3) is 0.444. The molecule has 1 N–H and O–H groups in total. The van der Waals surface area contributed by atoms with Crippen molar-refractivity contribution in [2.75, 3.05) is 0 Å². The third-order valence-corrected chi connectivity index (χ3v) is 4.94. The van der Waals surface area contributed by atoms with Gasteiger partial charge in [0, 0.05) is 36.3 Å². The van der Waals surface area contributed by atoms with E-state index in [-0.39, 0.29) is 59.7 Å². The van der Waals surface area contributed by atoms with E-state index in [1.807, 2.05) is 0 Å². The Bertz CT molecular complexity index is 756. The number of imide groups is 1. The van der Waals surface area contributed by atoms with Crippen LogP contribution in [0.1, 0.15) is 58.4 Å². The number of nitrogens with one attached hydrogen (secondary N) is 1. The van der Waals surface area contributed by atoms with Crippen LogP contribution in [0.3, 0.4) is 0 Å². The monoisotopic (exact) mass is 331 g/mol. The van der Waals surface area contributed by atoms with Gasteiger partial charge in [-0.15, -0.1) is 0 Å². The zero-order chi connectivity index (χ0) is 17.4. The Balaban J connectivity index is 1.91. The van der Waals surface area contributed by atoms with Gasteiger partial charge >= 0.3 is 0 Å². The van der Waals surface area contributed by atoms with Crippen molar-refractivity contribution in [1.82, 2.24) is 5.32 Å². The number of fused-ring (bicyclic) bond motifs is 1. The average molecular weight is 331 g/mol. The Morgan fingerprint density at radius 2 is 1.71 bits per heavy atom. The first-order valence-electron chi connectivity index (χ1n) is 8.07. The second-order valence-corrected chi connectivity index (χ2v) is 6.55. The van der Waals surface area contributed by atoms with Crippen molar-refractivity contribution < 1.29 is 23.6 Å². The average Bonchev–Trinajstić information content (AvgIpc) is 2.52. The lowest BCUT2D eigenvalue weighted by Crippen LogP contribution is -2.44. The smallest absolute Gasteiger partial charge is 0.229 e. The predicted octanol–water partition coefficient (Wildman–Crippen LogP) is 2.35. The summed E-state index contributed by atoms with van der Waals surface area (Å²) in [6.45, 7) is 1.55. The van der Waals surface area contributed by atoms with Crippen LogP contribution in [0.4, 0.5) is 4.39 Å². The molecule has 0 bridgehead atoms. The SMILES string of the molecule is Cc1cc2c(cc1F)C(=O)CC(C1CCC(=O)NC1=O)CCC2=O. The Morgan fingerprint density at radius 1 is 1.00 bits per heavy atom. The molecule has 1 fully saturated rings. The highest BCUT2D eigenvalue weighted by Crippen LogP contribution is 2.33. The highest BCUT2D eigenvalue weighted by molar-refractivity contribution is 6.10. The molecular formula is C18H18FNO4. The van der Waals surface area contributed by atoms with Crippen molar-refractivity contribution in [3.05, 3.63) is 34.6 Å². The van der Waals surface area contributed by atoms with E-state index in [1.54, 1.807) is 6.92 Å². The molecule has 5 nitrogen and oxygen atoms in total. The molecule has 1 aliphatic carbocycles. The molecule has 1 aliphatic heterocycles. The van der Waals surface area contributed by atoms with Crippen LogP contribution < -0.4 is 5.32 Å². The number of benzene rings is 1. The lowest BCUT2D eigenvalue weighted by Gasteiger charge is -2.30. The zero-order valence-electron chi connectivity index (χ0n) is 13.4. The number of piperidine rings is 1. The number of ketones is 2. The maximum absolute atomic E-state index is 13.8. The minimum atomic E-state index is -0.520. The third kappa shape index (κ3) is 3.00. The van der Waals surface area contributed by atoms with Crippen LogP contribution in [0, 0.1) is 24.6 Å². The molecule has 24 heavy (non-hydrogen) atoms. The minimum Gasteiger partial charge on any atom is -0.296 e. The van der Waals surface area contributed by atoms with Gasteiger partial charge < -0.3 is 0 Å². The van der Waals surface area contributed by atoms with Gasteiger partial charge in [-0.3, -0.25) is 24.5 Å². The maximum atomic E-state index is 13.8. The van der Waals surface area contributed by atoms with Gasteiger partial charge in [-0.1, -0.05) is 0 Å². The van der Waals surface area contributed by atoms with Gasteiger partial charge in [0.1, 0.15) is 5.82 Å². The molecule has 0 radical (unpaired) electrons. The highest BCUT2D eigenvalue weighted by atomic mass is 19.1. The summed E-state index contributed by atoms with van der Waals surface area (Å²) < 4.78 is 13.8. The second-order valence-electron chi connectivity index (χ2n) is 6.55. The molecule has 1 heterocycles. The topological polar surface area (TPSA) is 80.3 Å². The number of Topliss-reactive ketones (excluding diaryl/α,β-unsaturated/α-hetero) is 2. The van der Waals surface area contributed by atoms with Crippen molar-refractivity contribution >= 4 is 23.4 Å². The number of hydrogen-bond donors (Lipinski definition) is 1. The predicted molar refractivity (Wildman–Crippen MR) is 83.0 cm³/mol. The standard InChI is InChI=1S/C18H18FNO4/c1-9-6-12-13(8-14(9)19)16(22)7-10(2-4-15(12)21)11-3-5-17(23)20-18(11)24/h6,8,10-11H,2-5,7H2,1H3,(H,20,23,24). The van der Waals surface area contributed by atoms with E-state index in [4.69, 9.17) is 0 Å². The molecule has 0 aromatic heterocycles. The van der Waals surface area contributed by atoms with E-state index in [0.29, 0.717) is 18.4 Å². The number of halogens is 1. The van der Waals surface area contributed by atoms with E-state index in [2.05, 4.69) is 5.32 Å². The number of amides is 2. The number of hydrogen-bond acceptors (Lipinski definition) is 4. The summed E-state index contributed by atoms with van der Waals surface area (Å²) in [4.78, 5) is 48.3. The summed E-state index contributed by atoms with van der Waals surface area (Å²) >= 11 is 0. The van der Waals surface area contributed by atoms with Gasteiger partial charge in [0.25, 0.3) is 0 Å². The van der Waals surface area contributed by atoms with Crippen molar-refractivity contribution in [2.24, 2.45) is 11.8 Å². The van der Waals surface area contributed by atoms with Gasteiger partial charge in [-0.2, -0.15) is 0 Å². The van der Waals surface area contributed by atoms with E-state index in [1.165, 1.54) is 6.07 Å². The van der Waals surface area contributed by atoms with E-state index >= 15 is 0 Å². The quantitative estimate of drug-likeness (QED) is 0.801. The van der Waals surface area contributed by atoms with Crippen LogP contribution in [0.15, 0.2) is 12.1 Å². The molecular weight excluding hydrogens is 313 g/mol. The van der Waals surface area contributed by atoms with Crippen molar-refractivity contribution in [3.8, 4) is 0 Å². The molecule has 2 atom stereocenters. The molecule has 1 aromatic carbocycles. The maximum Gasteiger partial charge on any atom is 0.229 e. The largest absolute Gasteiger partial charge is 0.296 e. The van der Waals surface area contributed by atoms with Crippen LogP contribution in [0.5, 0.6) is 0 Å². The molecule has 1 saturated heterocycles. The molecule has 2 aliphatic rings. The van der Waals surface area contributed by atoms with Crippen LogP contribution in [0.25, 0.3) is 0 Å². The first kappa shape index (κ1) is 16.5. The summed E-state index contributed by atoms with van der Waals surface area (Å²) in [6.07, 6.45) is 1.31. The normalized spacial score (nSPS) is 24.9. The fourth-order valence-electron chi connectivity index (χ4n) is 3.55. The van der Waals surface area contributed by atoms with Crippen molar-refractivity contribution in [2.45, 2.75) is 39.0 Å². The fourth-order valence-corrected chi connectivity index (χ4v) is 3.55. The van der Waals surface area contributed by atoms with Gasteiger partial charge in [-0.25, -0.2) is 4.39 Å². The van der Waals surface area contributed by atoms with Crippen molar-refractivity contribution in [3.63, 3.8) is 0 Å². The van der Waals surface area contributed by atoms with Gasteiger partial charge in [-0.05, 0) is 43.4 Å². The Kier molecular flexibility index (Phi) is 4.30. The Morgan fingerprint density at radius 3 is 2.42 bits per heavy atom. The summed E-state index contributed by atoms with van der Waals surface area (Å²) in [5, 5.41) is 2.29. The number of carbonyl (C=O) groups excluding carboxylic acids is 4. The van der Waals surface area contributed by atoms with Crippen LogP contribution in [0.2, 0.25) is 0 Å². The van der Waals surface area contributed by atoms with Gasteiger partial charge in [0.2, 0.25) is 11.8 Å². The third-order valence-electron chi connectivity index (χ3n) is 4.94. The molecule has 126 valence electrons. The summed E-state index contributed by atoms with van der Waals surface area (Å²) in [7, 11) is 0. The minimum absolute atomic E-state index is 0.0784. The molecule has 2 amide bonds. The molecule has 0 saturated carbocycles. The number of rotatable bonds is 1. The Labute approximate surface area is 138 Å². The van der Waals surface area contributed by atoms with Crippen molar-refractivity contribution in [1.29, 1.82) is 0 Å². The first-order chi connectivity index (χ1) is 11.4. The van der Waals surface area contributed by atoms with Crippen LogP contribution in [-0.4, -0.2) is 23.4 Å². The van der Waals surface area contributed by atoms with Crippen LogP contribution in [-0.2, 0) is 9.59 Å². The van der Waals surface area contributed by atoms with E-state index in [9.17, 15) is 23.6 Å². The Hall–Kier alpha value is -2.37. The lowest BCUT2D eigenvalue weighted by atomic mass is 9.76. The zero-order valence-corrected chi connectivity index (χ0v) is 13.4. The highest BCUT2D eigenvalue weighted by Gasteiger charge is 2.36. The van der Waals surface area contributed by atoms with Crippen LogP contribution >= 0.6 is 0 Å². The first-order valence-corrected chi connectivity index (χ1v) is 8.07. The second kappa shape index (κ2) is 6.26.